The van der Waals surface area contributed by atoms with Crippen molar-refractivity contribution in [1.82, 2.24) is 4.57 Å². The minimum Gasteiger partial charge on any atom is -0.457 e. The highest BCUT2D eigenvalue weighted by Crippen LogP contribution is 2.36. The summed E-state index contributed by atoms with van der Waals surface area (Å²) in [5.41, 5.74) is 8.28. The molecule has 0 bridgehead atoms. The number of aromatic nitrogens is 1. The number of hydrogen-bond acceptors (Lipinski definition) is 2. The average Bonchev–Trinajstić information content (AvgIpc) is 3.26. The molecule has 0 aliphatic heterocycles. The largest absolute Gasteiger partial charge is 0.457 e. The van der Waals surface area contributed by atoms with Crippen LogP contribution in [0.2, 0.25) is 0 Å². The highest BCUT2D eigenvalue weighted by Gasteiger charge is 2.29. The highest BCUT2D eigenvalue weighted by atomic mass is 16.5. The third-order valence-electron chi connectivity index (χ3n) is 6.84. The van der Waals surface area contributed by atoms with Crippen molar-refractivity contribution in [3.05, 3.63) is 155 Å². The van der Waals surface area contributed by atoms with Crippen molar-refractivity contribution in [3.8, 4) is 11.1 Å². The van der Waals surface area contributed by atoms with Gasteiger partial charge in [0.15, 0.2) is 0 Å². The van der Waals surface area contributed by atoms with Gasteiger partial charge in [0.1, 0.15) is 6.61 Å². The zero-order chi connectivity index (χ0) is 26.2. The first-order valence-corrected chi connectivity index (χ1v) is 13.3. The van der Waals surface area contributed by atoms with Gasteiger partial charge in [-0.1, -0.05) is 135 Å². The van der Waals surface area contributed by atoms with Crippen LogP contribution in [0.15, 0.2) is 121 Å². The lowest BCUT2D eigenvalue weighted by atomic mass is 9.96. The van der Waals surface area contributed by atoms with Gasteiger partial charge in [-0.2, -0.15) is 0 Å². The Kier molecular flexibility index (Phi) is 8.15. The van der Waals surface area contributed by atoms with Crippen LogP contribution in [0.4, 0.5) is 0 Å². The molecule has 38 heavy (non-hydrogen) atoms. The molecule has 0 spiro atoms. The van der Waals surface area contributed by atoms with E-state index in [4.69, 9.17) is 4.74 Å². The molecule has 5 aromatic rings. The van der Waals surface area contributed by atoms with Gasteiger partial charge in [-0.3, -0.25) is 0 Å². The van der Waals surface area contributed by atoms with Gasteiger partial charge < -0.3 is 9.30 Å². The molecule has 0 amide bonds. The monoisotopic (exact) mass is 499 g/mol. The standard InChI is InChI=1S/C35H33NO2/c1-2-15-31-34(35(37)38-26-29-20-11-5-12-21-29)33(30-22-13-6-14-23-30)32(24-27-16-7-3-8-17-27)36(31)25-28-18-9-4-10-19-28/h3-14,16-23H,2,15,24-26H2,1H3. The van der Waals surface area contributed by atoms with Crippen molar-refractivity contribution in [3.63, 3.8) is 0 Å². The van der Waals surface area contributed by atoms with Crippen LogP contribution in [0, 0.1) is 0 Å². The van der Waals surface area contributed by atoms with Crippen molar-refractivity contribution in [2.75, 3.05) is 0 Å². The molecule has 1 aromatic heterocycles. The molecule has 1 heterocycles. The first-order valence-electron chi connectivity index (χ1n) is 13.3. The first-order chi connectivity index (χ1) is 18.7. The van der Waals surface area contributed by atoms with Gasteiger partial charge in [0, 0.05) is 29.9 Å². The summed E-state index contributed by atoms with van der Waals surface area (Å²) in [6, 6.07) is 41.1. The van der Waals surface area contributed by atoms with Crippen LogP contribution in [0.1, 0.15) is 51.8 Å². The maximum Gasteiger partial charge on any atom is 0.340 e. The van der Waals surface area contributed by atoms with E-state index in [1.165, 1.54) is 11.1 Å². The van der Waals surface area contributed by atoms with Crippen LogP contribution >= 0.6 is 0 Å². The van der Waals surface area contributed by atoms with Crippen molar-refractivity contribution in [2.45, 2.75) is 39.3 Å². The zero-order valence-corrected chi connectivity index (χ0v) is 21.8. The second kappa shape index (κ2) is 12.2. The van der Waals surface area contributed by atoms with E-state index in [1.807, 2.05) is 60.7 Å². The summed E-state index contributed by atoms with van der Waals surface area (Å²) >= 11 is 0. The van der Waals surface area contributed by atoms with Crippen molar-refractivity contribution >= 4 is 5.97 Å². The molecule has 3 heteroatoms. The summed E-state index contributed by atoms with van der Waals surface area (Å²) in [6.07, 6.45) is 2.44. The van der Waals surface area contributed by atoms with E-state index in [9.17, 15) is 4.79 Å². The lowest BCUT2D eigenvalue weighted by molar-refractivity contribution is 0.0472. The summed E-state index contributed by atoms with van der Waals surface area (Å²) in [6.45, 7) is 3.11. The van der Waals surface area contributed by atoms with E-state index in [0.29, 0.717) is 12.1 Å². The lowest BCUT2D eigenvalue weighted by Gasteiger charge is -2.15. The Hall–Kier alpha value is -4.37. The minimum atomic E-state index is -0.266. The number of benzene rings is 4. The maximum atomic E-state index is 13.9. The average molecular weight is 500 g/mol. The molecule has 0 unspecified atom stereocenters. The van der Waals surface area contributed by atoms with Gasteiger partial charge >= 0.3 is 5.97 Å². The van der Waals surface area contributed by atoms with Crippen LogP contribution in [-0.2, 0) is 30.7 Å². The predicted molar refractivity (Wildman–Crippen MR) is 154 cm³/mol. The van der Waals surface area contributed by atoms with Gasteiger partial charge in [-0.15, -0.1) is 0 Å². The van der Waals surface area contributed by atoms with Crippen LogP contribution in [0.25, 0.3) is 11.1 Å². The normalized spacial score (nSPS) is 10.9. The Labute approximate surface area is 225 Å². The Bertz CT molecular complexity index is 1460. The molecular weight excluding hydrogens is 466 g/mol. The van der Waals surface area contributed by atoms with Crippen LogP contribution < -0.4 is 0 Å². The fourth-order valence-corrected chi connectivity index (χ4v) is 5.08. The van der Waals surface area contributed by atoms with Gasteiger partial charge in [0.2, 0.25) is 0 Å². The molecule has 0 saturated carbocycles. The topological polar surface area (TPSA) is 31.2 Å². The first kappa shape index (κ1) is 25.3. The molecular formula is C35H33NO2. The molecule has 0 fully saturated rings. The van der Waals surface area contributed by atoms with Gasteiger partial charge in [-0.05, 0) is 28.7 Å². The molecule has 0 N–H and O–H groups in total. The number of carbonyl (C=O) groups is 1. The van der Waals surface area contributed by atoms with E-state index in [0.717, 1.165) is 47.3 Å². The van der Waals surface area contributed by atoms with Crippen molar-refractivity contribution in [1.29, 1.82) is 0 Å². The van der Waals surface area contributed by atoms with Crippen LogP contribution in [0.3, 0.4) is 0 Å². The molecule has 5 rings (SSSR count). The molecule has 0 aliphatic carbocycles. The summed E-state index contributed by atoms with van der Waals surface area (Å²) in [4.78, 5) is 13.9. The Morgan fingerprint density at radius 3 is 1.76 bits per heavy atom. The Balaban J connectivity index is 1.69. The third-order valence-corrected chi connectivity index (χ3v) is 6.84. The van der Waals surface area contributed by atoms with E-state index >= 15 is 0 Å². The second-order valence-electron chi connectivity index (χ2n) is 9.56. The van der Waals surface area contributed by atoms with Crippen molar-refractivity contribution in [2.24, 2.45) is 0 Å². The molecule has 4 aromatic carbocycles. The quantitative estimate of drug-likeness (QED) is 0.182. The summed E-state index contributed by atoms with van der Waals surface area (Å²) in [5.74, 6) is -0.266. The number of rotatable bonds is 10. The van der Waals surface area contributed by atoms with Crippen molar-refractivity contribution < 1.29 is 9.53 Å². The SMILES string of the molecule is CCCc1c(C(=O)OCc2ccccc2)c(-c2ccccc2)c(Cc2ccccc2)n1Cc1ccccc1. The fourth-order valence-electron chi connectivity index (χ4n) is 5.08. The molecule has 0 radical (unpaired) electrons. The molecule has 3 nitrogen and oxygen atoms in total. The maximum absolute atomic E-state index is 13.9. The van der Waals surface area contributed by atoms with Crippen LogP contribution in [0.5, 0.6) is 0 Å². The van der Waals surface area contributed by atoms with Gasteiger partial charge in [0.25, 0.3) is 0 Å². The van der Waals surface area contributed by atoms with Gasteiger partial charge in [0.05, 0.1) is 5.56 Å². The predicted octanol–water partition coefficient (Wildman–Crippen LogP) is 8.10. The lowest BCUT2D eigenvalue weighted by Crippen LogP contribution is -2.12. The van der Waals surface area contributed by atoms with E-state index < -0.39 is 0 Å². The molecule has 0 aliphatic rings. The summed E-state index contributed by atoms with van der Waals surface area (Å²) in [5, 5.41) is 0. The Morgan fingerprint density at radius 1 is 0.658 bits per heavy atom. The smallest absolute Gasteiger partial charge is 0.340 e. The summed E-state index contributed by atoms with van der Waals surface area (Å²) < 4.78 is 8.35. The molecule has 190 valence electrons. The van der Waals surface area contributed by atoms with E-state index in [2.05, 4.69) is 72.2 Å². The molecule has 0 atom stereocenters. The minimum absolute atomic E-state index is 0.247. The van der Waals surface area contributed by atoms with E-state index in [-0.39, 0.29) is 12.6 Å². The number of esters is 1. The number of ether oxygens (including phenoxy) is 1. The summed E-state index contributed by atoms with van der Waals surface area (Å²) in [7, 11) is 0. The van der Waals surface area contributed by atoms with E-state index in [1.54, 1.807) is 0 Å². The van der Waals surface area contributed by atoms with Gasteiger partial charge in [-0.25, -0.2) is 4.79 Å². The zero-order valence-electron chi connectivity index (χ0n) is 21.8. The van der Waals surface area contributed by atoms with Crippen LogP contribution in [-0.4, -0.2) is 10.5 Å². The number of carbonyl (C=O) groups excluding carboxylic acids is 1. The highest BCUT2D eigenvalue weighted by molar-refractivity contribution is 6.00. The number of nitrogens with zero attached hydrogens (tertiary/aromatic N) is 1. The third kappa shape index (κ3) is 5.78. The fraction of sp³-hybridized carbons (Fsp3) is 0.171. The molecule has 0 saturated heterocycles. The Morgan fingerprint density at radius 2 is 1.18 bits per heavy atom. The number of hydrogen-bond donors (Lipinski definition) is 0. The second-order valence-corrected chi connectivity index (χ2v) is 9.56.